The second-order valence-electron chi connectivity index (χ2n) is 5.72. The number of nitrogens with zero attached hydrogens (tertiary/aromatic N) is 3. The Hall–Kier alpha value is -2.30. The van der Waals surface area contributed by atoms with Crippen LogP contribution in [0.3, 0.4) is 0 Å². The second-order valence-corrected chi connectivity index (χ2v) is 5.72. The van der Waals surface area contributed by atoms with E-state index < -0.39 is 0 Å². The maximum atomic E-state index is 12.6. The molecule has 0 N–H and O–H groups in total. The van der Waals surface area contributed by atoms with Crippen LogP contribution in [0.4, 0.5) is 0 Å². The molecule has 0 spiro atoms. The molecule has 2 bridgehead atoms. The van der Waals surface area contributed by atoms with Gasteiger partial charge in [-0.2, -0.15) is 5.10 Å². The first-order chi connectivity index (χ1) is 10.2. The summed E-state index contributed by atoms with van der Waals surface area (Å²) in [4.78, 5) is 14.6. The molecular formula is C16H17N3O2. The molecule has 108 valence electrons. The second kappa shape index (κ2) is 4.62. The number of amides is 1. The number of aromatic nitrogens is 2. The van der Waals surface area contributed by atoms with Crippen LogP contribution in [-0.2, 0) is 7.05 Å². The predicted molar refractivity (Wildman–Crippen MR) is 77.5 cm³/mol. The molecule has 21 heavy (non-hydrogen) atoms. The van der Waals surface area contributed by atoms with Crippen LogP contribution < -0.4 is 0 Å². The van der Waals surface area contributed by atoms with Crippen LogP contribution in [0, 0.1) is 0 Å². The van der Waals surface area contributed by atoms with Gasteiger partial charge in [0.05, 0.1) is 18.0 Å². The fourth-order valence-corrected chi connectivity index (χ4v) is 3.55. The van der Waals surface area contributed by atoms with Crippen molar-refractivity contribution in [2.24, 2.45) is 7.05 Å². The van der Waals surface area contributed by atoms with E-state index in [0.29, 0.717) is 5.76 Å². The Morgan fingerprint density at radius 3 is 2.95 bits per heavy atom. The van der Waals surface area contributed by atoms with Crippen molar-refractivity contribution in [2.75, 3.05) is 0 Å². The van der Waals surface area contributed by atoms with E-state index in [0.717, 1.165) is 25.0 Å². The fraction of sp³-hybridized carbons (Fsp3) is 0.375. The van der Waals surface area contributed by atoms with Crippen LogP contribution >= 0.6 is 0 Å². The molecule has 2 atom stereocenters. The van der Waals surface area contributed by atoms with E-state index in [2.05, 4.69) is 11.2 Å². The third kappa shape index (κ3) is 1.92. The van der Waals surface area contributed by atoms with Crippen LogP contribution in [-0.4, -0.2) is 32.7 Å². The highest BCUT2D eigenvalue weighted by atomic mass is 16.3. The molecule has 4 heterocycles. The van der Waals surface area contributed by atoms with E-state index in [9.17, 15) is 4.79 Å². The Labute approximate surface area is 122 Å². The Bertz CT molecular complexity index is 699. The minimum atomic E-state index is 0.00723. The molecule has 2 aromatic heterocycles. The van der Waals surface area contributed by atoms with Gasteiger partial charge in [0.15, 0.2) is 5.76 Å². The van der Waals surface area contributed by atoms with Crippen molar-refractivity contribution in [1.29, 1.82) is 0 Å². The fourth-order valence-electron chi connectivity index (χ4n) is 3.55. The highest BCUT2D eigenvalue weighted by Crippen LogP contribution is 2.39. The molecule has 2 unspecified atom stereocenters. The number of fused-ring (bicyclic) bond motifs is 2. The van der Waals surface area contributed by atoms with Gasteiger partial charge in [0.2, 0.25) is 0 Å². The largest absolute Gasteiger partial charge is 0.459 e. The number of carbonyl (C=O) groups is 1. The van der Waals surface area contributed by atoms with E-state index in [1.165, 1.54) is 5.57 Å². The van der Waals surface area contributed by atoms with Gasteiger partial charge < -0.3 is 9.32 Å². The molecule has 0 saturated carbocycles. The number of furan rings is 1. The first-order valence-corrected chi connectivity index (χ1v) is 7.29. The van der Waals surface area contributed by atoms with Gasteiger partial charge in [-0.25, -0.2) is 0 Å². The summed E-state index contributed by atoms with van der Waals surface area (Å²) in [6.45, 7) is 0. The van der Waals surface area contributed by atoms with Crippen LogP contribution in [0.2, 0.25) is 0 Å². The number of carbonyl (C=O) groups excluding carboxylic acids is 1. The van der Waals surface area contributed by atoms with Gasteiger partial charge in [0, 0.05) is 19.3 Å². The predicted octanol–water partition coefficient (Wildman–Crippen LogP) is 2.47. The average Bonchev–Trinajstić information content (AvgIpc) is 3.19. The molecule has 0 radical (unpaired) electrons. The molecule has 0 aromatic carbocycles. The Morgan fingerprint density at radius 1 is 1.38 bits per heavy atom. The summed E-state index contributed by atoms with van der Waals surface area (Å²) in [6, 6.07) is 5.97. The summed E-state index contributed by atoms with van der Waals surface area (Å²) < 4.78 is 7.16. The zero-order valence-electron chi connectivity index (χ0n) is 11.9. The van der Waals surface area contributed by atoms with E-state index in [-0.39, 0.29) is 18.0 Å². The number of aryl methyl sites for hydroxylation is 1. The topological polar surface area (TPSA) is 51.3 Å². The maximum Gasteiger partial charge on any atom is 0.290 e. The van der Waals surface area contributed by atoms with Gasteiger partial charge in [-0.15, -0.1) is 0 Å². The van der Waals surface area contributed by atoms with Crippen molar-refractivity contribution in [1.82, 2.24) is 14.7 Å². The van der Waals surface area contributed by atoms with Gasteiger partial charge in [0.25, 0.3) is 5.91 Å². The summed E-state index contributed by atoms with van der Waals surface area (Å²) in [5.74, 6) is 0.442. The molecule has 5 heteroatoms. The van der Waals surface area contributed by atoms with Crippen molar-refractivity contribution in [2.45, 2.75) is 31.3 Å². The zero-order valence-corrected chi connectivity index (χ0v) is 11.9. The highest BCUT2D eigenvalue weighted by molar-refractivity contribution is 5.93. The minimum Gasteiger partial charge on any atom is -0.459 e. The van der Waals surface area contributed by atoms with Gasteiger partial charge in [-0.05, 0) is 43.0 Å². The number of hydrogen-bond donors (Lipinski definition) is 0. The molecule has 1 saturated heterocycles. The van der Waals surface area contributed by atoms with E-state index in [4.69, 9.17) is 4.42 Å². The third-order valence-electron chi connectivity index (χ3n) is 4.51. The summed E-state index contributed by atoms with van der Waals surface area (Å²) >= 11 is 0. The van der Waals surface area contributed by atoms with Gasteiger partial charge in [-0.1, -0.05) is 6.08 Å². The first kappa shape index (κ1) is 12.4. The molecule has 1 fully saturated rings. The van der Waals surface area contributed by atoms with Crippen molar-refractivity contribution in [3.05, 3.63) is 48.2 Å². The van der Waals surface area contributed by atoms with E-state index in [1.807, 2.05) is 28.9 Å². The molecule has 2 aliphatic rings. The Morgan fingerprint density at radius 2 is 2.29 bits per heavy atom. The van der Waals surface area contributed by atoms with Crippen molar-refractivity contribution < 1.29 is 9.21 Å². The lowest BCUT2D eigenvalue weighted by atomic mass is 9.98. The quantitative estimate of drug-likeness (QED) is 0.850. The van der Waals surface area contributed by atoms with Gasteiger partial charge in [-0.3, -0.25) is 9.48 Å². The lowest BCUT2D eigenvalue weighted by Gasteiger charge is -2.33. The molecule has 1 amide bonds. The molecular weight excluding hydrogens is 266 g/mol. The van der Waals surface area contributed by atoms with Gasteiger partial charge >= 0.3 is 0 Å². The average molecular weight is 283 g/mol. The molecule has 0 aliphatic carbocycles. The summed E-state index contributed by atoms with van der Waals surface area (Å²) in [7, 11) is 1.96. The Balaban J connectivity index is 1.65. The van der Waals surface area contributed by atoms with Crippen LogP contribution in [0.25, 0.3) is 5.57 Å². The lowest BCUT2D eigenvalue weighted by molar-refractivity contribution is 0.0659. The minimum absolute atomic E-state index is 0.00723. The molecule has 2 aromatic rings. The number of rotatable bonds is 2. The third-order valence-corrected chi connectivity index (χ3v) is 4.51. The highest BCUT2D eigenvalue weighted by Gasteiger charge is 2.41. The normalized spacial score (nSPS) is 24.2. The lowest BCUT2D eigenvalue weighted by Crippen LogP contribution is -2.42. The summed E-state index contributed by atoms with van der Waals surface area (Å²) in [5, 5.41) is 4.24. The zero-order chi connectivity index (χ0) is 14.4. The maximum absolute atomic E-state index is 12.6. The standard InChI is InChI=1S/C16H17N3O2/c1-18-14(6-7-17-18)11-9-12-4-5-13(10-11)19(12)16(20)15-3-2-8-21-15/h2-3,6-9,12-13H,4-5,10H2,1H3. The molecule has 5 nitrogen and oxygen atoms in total. The summed E-state index contributed by atoms with van der Waals surface area (Å²) in [5.41, 5.74) is 2.45. The smallest absolute Gasteiger partial charge is 0.290 e. The monoisotopic (exact) mass is 283 g/mol. The van der Waals surface area contributed by atoms with Crippen molar-refractivity contribution >= 4 is 11.5 Å². The molecule has 2 aliphatic heterocycles. The molecule has 4 rings (SSSR count). The van der Waals surface area contributed by atoms with Gasteiger partial charge in [0.1, 0.15) is 0 Å². The van der Waals surface area contributed by atoms with Crippen molar-refractivity contribution in [3.8, 4) is 0 Å². The van der Waals surface area contributed by atoms with E-state index >= 15 is 0 Å². The Kier molecular flexibility index (Phi) is 2.74. The van der Waals surface area contributed by atoms with Crippen LogP contribution in [0.1, 0.15) is 35.5 Å². The van der Waals surface area contributed by atoms with Crippen LogP contribution in [0.5, 0.6) is 0 Å². The van der Waals surface area contributed by atoms with E-state index in [1.54, 1.807) is 18.4 Å². The first-order valence-electron chi connectivity index (χ1n) is 7.29. The van der Waals surface area contributed by atoms with Crippen LogP contribution in [0.15, 0.2) is 41.2 Å². The van der Waals surface area contributed by atoms with Crippen molar-refractivity contribution in [3.63, 3.8) is 0 Å². The summed E-state index contributed by atoms with van der Waals surface area (Å²) in [6.07, 6.45) is 8.56. The SMILES string of the molecule is Cn1nccc1C1=CC2CCC(C1)N2C(=O)c1ccco1. The number of hydrogen-bond acceptors (Lipinski definition) is 3.